The molecule has 170 valence electrons. The molecule has 2 aromatic carbocycles. The lowest BCUT2D eigenvalue weighted by Gasteiger charge is -2.31. The molecule has 1 aliphatic rings. The zero-order valence-corrected chi connectivity index (χ0v) is 19.3. The minimum atomic E-state index is 0.0640. The number of anilines is 1. The molecule has 1 aliphatic heterocycles. The summed E-state index contributed by atoms with van der Waals surface area (Å²) in [6.07, 6.45) is 3.76. The van der Waals surface area contributed by atoms with Crippen molar-refractivity contribution in [2.75, 3.05) is 18.4 Å². The Kier molecular flexibility index (Phi) is 6.01. The molecule has 1 amide bonds. The number of benzene rings is 2. The van der Waals surface area contributed by atoms with E-state index in [4.69, 9.17) is 0 Å². The highest BCUT2D eigenvalue weighted by molar-refractivity contribution is 5.93. The van der Waals surface area contributed by atoms with Gasteiger partial charge < -0.3 is 10.3 Å². The number of piperidine rings is 1. The van der Waals surface area contributed by atoms with Gasteiger partial charge in [-0.15, -0.1) is 0 Å². The number of carbonyl (C=O) groups is 1. The largest absolute Gasteiger partial charge is 0.355 e. The molecule has 0 spiro atoms. The molecule has 2 N–H and O–H groups in total. The molecule has 6 heteroatoms. The van der Waals surface area contributed by atoms with E-state index in [1.807, 2.05) is 35.1 Å². The van der Waals surface area contributed by atoms with Gasteiger partial charge >= 0.3 is 0 Å². The molecule has 2 aromatic heterocycles. The van der Waals surface area contributed by atoms with Crippen molar-refractivity contribution >= 4 is 22.5 Å². The molecule has 1 fully saturated rings. The van der Waals surface area contributed by atoms with E-state index < -0.39 is 0 Å². The number of carbonyl (C=O) groups excluding carboxylic acids is 1. The van der Waals surface area contributed by atoms with Crippen LogP contribution in [0.5, 0.6) is 0 Å². The van der Waals surface area contributed by atoms with Gasteiger partial charge in [-0.1, -0.05) is 30.3 Å². The Bertz CT molecular complexity index is 1210. The number of aryl methyl sites for hydroxylation is 1. The third kappa shape index (κ3) is 4.57. The summed E-state index contributed by atoms with van der Waals surface area (Å²) in [7, 11) is 0. The van der Waals surface area contributed by atoms with Gasteiger partial charge in [-0.3, -0.25) is 14.4 Å². The molecular weight excluding hydrogens is 410 g/mol. The SMILES string of the molecule is CCn1ncc(CN2CCC(C(=O)Nc3ccc(-c4cc5ccccc5[nH]4)cc3)CC2)c1C. The normalized spacial score (nSPS) is 15.2. The predicted molar refractivity (Wildman–Crippen MR) is 133 cm³/mol. The number of nitrogens with one attached hydrogen (secondary N) is 2. The topological polar surface area (TPSA) is 66.0 Å². The third-order valence-electron chi connectivity index (χ3n) is 6.85. The monoisotopic (exact) mass is 441 g/mol. The second kappa shape index (κ2) is 9.24. The fourth-order valence-electron chi connectivity index (χ4n) is 4.76. The van der Waals surface area contributed by atoms with Crippen molar-refractivity contribution in [2.45, 2.75) is 39.8 Å². The number of fused-ring (bicyclic) bond motifs is 1. The summed E-state index contributed by atoms with van der Waals surface area (Å²) in [6.45, 7) is 7.94. The van der Waals surface area contributed by atoms with Crippen molar-refractivity contribution in [2.24, 2.45) is 5.92 Å². The van der Waals surface area contributed by atoms with E-state index in [9.17, 15) is 4.79 Å². The Labute approximate surface area is 194 Å². The van der Waals surface area contributed by atoms with E-state index in [1.54, 1.807) is 0 Å². The average molecular weight is 442 g/mol. The van der Waals surface area contributed by atoms with Gasteiger partial charge in [0, 0.05) is 52.5 Å². The number of hydrogen-bond donors (Lipinski definition) is 2. The van der Waals surface area contributed by atoms with Crippen LogP contribution in [0, 0.1) is 12.8 Å². The zero-order chi connectivity index (χ0) is 22.8. The van der Waals surface area contributed by atoms with E-state index in [2.05, 4.69) is 64.5 Å². The molecular formula is C27H31N5O. The molecule has 3 heterocycles. The van der Waals surface area contributed by atoms with Crippen molar-refractivity contribution < 1.29 is 4.79 Å². The minimum absolute atomic E-state index is 0.0640. The first-order chi connectivity index (χ1) is 16.1. The van der Waals surface area contributed by atoms with Crippen molar-refractivity contribution in [3.63, 3.8) is 0 Å². The molecule has 4 aromatic rings. The molecule has 1 saturated heterocycles. The number of likely N-dealkylation sites (tertiary alicyclic amines) is 1. The Morgan fingerprint density at radius 3 is 2.58 bits per heavy atom. The number of nitrogens with zero attached hydrogens (tertiary/aromatic N) is 3. The number of aromatic nitrogens is 3. The summed E-state index contributed by atoms with van der Waals surface area (Å²) in [4.78, 5) is 18.7. The summed E-state index contributed by atoms with van der Waals surface area (Å²) in [6, 6.07) is 18.5. The summed E-state index contributed by atoms with van der Waals surface area (Å²) in [5.41, 5.74) is 6.71. The first-order valence-corrected chi connectivity index (χ1v) is 11.8. The number of hydrogen-bond acceptors (Lipinski definition) is 3. The van der Waals surface area contributed by atoms with Gasteiger partial charge in [-0.25, -0.2) is 0 Å². The van der Waals surface area contributed by atoms with Crippen LogP contribution in [0.15, 0.2) is 60.8 Å². The number of amides is 1. The van der Waals surface area contributed by atoms with Crippen LogP contribution in [-0.4, -0.2) is 38.7 Å². The first kappa shape index (κ1) is 21.5. The lowest BCUT2D eigenvalue weighted by molar-refractivity contribution is -0.121. The fourth-order valence-corrected chi connectivity index (χ4v) is 4.76. The van der Waals surface area contributed by atoms with Crippen LogP contribution in [0.3, 0.4) is 0 Å². The minimum Gasteiger partial charge on any atom is -0.355 e. The van der Waals surface area contributed by atoms with E-state index in [-0.39, 0.29) is 11.8 Å². The molecule has 0 unspecified atom stereocenters. The van der Waals surface area contributed by atoms with Gasteiger partial charge in [0.25, 0.3) is 0 Å². The molecule has 33 heavy (non-hydrogen) atoms. The molecule has 0 atom stereocenters. The van der Waals surface area contributed by atoms with Crippen molar-refractivity contribution in [1.82, 2.24) is 19.7 Å². The number of para-hydroxylation sites is 1. The van der Waals surface area contributed by atoms with Gasteiger partial charge in [-0.2, -0.15) is 5.10 Å². The van der Waals surface area contributed by atoms with E-state index in [0.717, 1.165) is 61.5 Å². The Balaban J connectivity index is 1.15. The van der Waals surface area contributed by atoms with E-state index in [1.165, 1.54) is 16.6 Å². The quantitative estimate of drug-likeness (QED) is 0.432. The van der Waals surface area contributed by atoms with Crippen LogP contribution in [0.2, 0.25) is 0 Å². The Morgan fingerprint density at radius 1 is 1.12 bits per heavy atom. The zero-order valence-electron chi connectivity index (χ0n) is 19.3. The number of H-pyrrole nitrogens is 1. The third-order valence-corrected chi connectivity index (χ3v) is 6.85. The van der Waals surface area contributed by atoms with Crippen molar-refractivity contribution in [3.05, 3.63) is 72.1 Å². The van der Waals surface area contributed by atoms with E-state index >= 15 is 0 Å². The van der Waals surface area contributed by atoms with Crippen molar-refractivity contribution in [3.8, 4) is 11.3 Å². The molecule has 0 radical (unpaired) electrons. The van der Waals surface area contributed by atoms with Gasteiger partial charge in [-0.05, 0) is 69.6 Å². The fraction of sp³-hybridized carbons (Fsp3) is 0.333. The van der Waals surface area contributed by atoms with Gasteiger partial charge in [0.05, 0.1) is 6.20 Å². The second-order valence-electron chi connectivity index (χ2n) is 8.96. The summed E-state index contributed by atoms with van der Waals surface area (Å²) in [5.74, 6) is 0.192. The standard InChI is InChI=1S/C27H31N5O/c1-3-32-19(2)23(17-28-32)18-31-14-12-21(13-15-31)27(33)29-24-10-8-20(9-11-24)26-16-22-6-4-5-7-25(22)30-26/h4-11,16-17,21,30H,3,12-15,18H2,1-2H3,(H,29,33). The number of aromatic amines is 1. The first-order valence-electron chi connectivity index (χ1n) is 11.8. The molecule has 6 nitrogen and oxygen atoms in total. The lowest BCUT2D eigenvalue weighted by atomic mass is 9.95. The van der Waals surface area contributed by atoms with Crippen LogP contribution in [0.4, 0.5) is 5.69 Å². The molecule has 0 bridgehead atoms. The highest BCUT2D eigenvalue weighted by atomic mass is 16.1. The predicted octanol–water partition coefficient (Wildman–Crippen LogP) is 5.21. The smallest absolute Gasteiger partial charge is 0.227 e. The van der Waals surface area contributed by atoms with Crippen molar-refractivity contribution in [1.29, 1.82) is 0 Å². The average Bonchev–Trinajstić information content (AvgIpc) is 3.43. The Hall–Kier alpha value is -3.38. The highest BCUT2D eigenvalue weighted by Crippen LogP contribution is 2.26. The molecule has 5 rings (SSSR count). The van der Waals surface area contributed by atoms with Crippen LogP contribution < -0.4 is 5.32 Å². The summed E-state index contributed by atoms with van der Waals surface area (Å²) in [5, 5.41) is 8.77. The highest BCUT2D eigenvalue weighted by Gasteiger charge is 2.25. The summed E-state index contributed by atoms with van der Waals surface area (Å²) >= 11 is 0. The van der Waals surface area contributed by atoms with E-state index in [0.29, 0.717) is 0 Å². The Morgan fingerprint density at radius 2 is 1.88 bits per heavy atom. The number of rotatable bonds is 6. The molecule has 0 aliphatic carbocycles. The van der Waals surface area contributed by atoms with Gasteiger partial charge in [0.1, 0.15) is 0 Å². The second-order valence-corrected chi connectivity index (χ2v) is 8.96. The maximum atomic E-state index is 12.9. The van der Waals surface area contributed by atoms with Crippen LogP contribution in [0.1, 0.15) is 31.0 Å². The van der Waals surface area contributed by atoms with Crippen LogP contribution in [-0.2, 0) is 17.9 Å². The molecule has 0 saturated carbocycles. The van der Waals surface area contributed by atoms with Crippen LogP contribution >= 0.6 is 0 Å². The lowest BCUT2D eigenvalue weighted by Crippen LogP contribution is -2.37. The maximum Gasteiger partial charge on any atom is 0.227 e. The van der Waals surface area contributed by atoms with Gasteiger partial charge in [0.2, 0.25) is 5.91 Å². The maximum absolute atomic E-state index is 12.9. The van der Waals surface area contributed by atoms with Gasteiger partial charge in [0.15, 0.2) is 0 Å². The van der Waals surface area contributed by atoms with Crippen LogP contribution in [0.25, 0.3) is 22.2 Å². The summed E-state index contributed by atoms with van der Waals surface area (Å²) < 4.78 is 2.04.